The molecule has 0 aromatic carbocycles. The van der Waals surface area contributed by atoms with Gasteiger partial charge in [0.25, 0.3) is 0 Å². The average molecular weight is 220 g/mol. The predicted molar refractivity (Wildman–Crippen MR) is 58.7 cm³/mol. The minimum absolute atomic E-state index is 0. The van der Waals surface area contributed by atoms with Gasteiger partial charge in [0.15, 0.2) is 5.78 Å². The lowest BCUT2D eigenvalue weighted by molar-refractivity contribution is -0.121. The summed E-state index contributed by atoms with van der Waals surface area (Å²) in [7, 11) is 3.84. The van der Waals surface area contributed by atoms with Crippen LogP contribution in [0.1, 0.15) is 17.8 Å². The van der Waals surface area contributed by atoms with E-state index in [0.29, 0.717) is 0 Å². The smallest absolute Gasteiger partial charge is 0.152 e. The van der Waals surface area contributed by atoms with E-state index in [4.69, 9.17) is 0 Å². The molecule has 0 saturated heterocycles. The van der Waals surface area contributed by atoms with Crippen molar-refractivity contribution in [1.29, 1.82) is 0 Å². The molecule has 0 bridgehead atoms. The minimum atomic E-state index is -0.0648. The lowest BCUT2D eigenvalue weighted by Gasteiger charge is -2.19. The van der Waals surface area contributed by atoms with Gasteiger partial charge >= 0.3 is 0 Å². The fraction of sp³-hybridized carbons (Fsp3) is 0.444. The maximum atomic E-state index is 11.2. The zero-order chi connectivity index (χ0) is 9.14. The summed E-state index contributed by atoms with van der Waals surface area (Å²) < 4.78 is 0. The number of rotatable bonds is 3. The molecule has 1 unspecified atom stereocenters. The van der Waals surface area contributed by atoms with Gasteiger partial charge in [-0.15, -0.1) is 23.7 Å². The topological polar surface area (TPSA) is 20.3 Å². The number of hydrogen-bond donors (Lipinski definition) is 0. The number of nitrogens with zero attached hydrogens (tertiary/aromatic N) is 1. The molecule has 0 saturated carbocycles. The molecule has 1 aromatic heterocycles. The Morgan fingerprint density at radius 1 is 1.54 bits per heavy atom. The van der Waals surface area contributed by atoms with E-state index >= 15 is 0 Å². The van der Waals surface area contributed by atoms with E-state index in [2.05, 4.69) is 0 Å². The molecule has 1 heterocycles. The minimum Gasteiger partial charge on any atom is -0.298 e. The van der Waals surface area contributed by atoms with Crippen molar-refractivity contribution >= 4 is 29.5 Å². The normalized spacial score (nSPS) is 12.3. The fourth-order valence-corrected chi connectivity index (χ4v) is 2.24. The van der Waals surface area contributed by atoms with Crippen LogP contribution in [0.5, 0.6) is 0 Å². The van der Waals surface area contributed by atoms with Crippen LogP contribution in [0.25, 0.3) is 0 Å². The second-order valence-corrected chi connectivity index (χ2v) is 3.97. The zero-order valence-electron chi connectivity index (χ0n) is 7.98. The first-order valence-electron chi connectivity index (χ1n) is 3.83. The summed E-state index contributed by atoms with van der Waals surface area (Å²) in [4.78, 5) is 14.3. The molecule has 1 atom stereocenters. The molecule has 2 nitrogen and oxygen atoms in total. The monoisotopic (exact) mass is 219 g/mol. The van der Waals surface area contributed by atoms with Crippen molar-refractivity contribution in [1.82, 2.24) is 4.90 Å². The van der Waals surface area contributed by atoms with Gasteiger partial charge in [-0.2, -0.15) is 0 Å². The van der Waals surface area contributed by atoms with Crippen LogP contribution >= 0.6 is 23.7 Å². The van der Waals surface area contributed by atoms with E-state index in [0.717, 1.165) is 4.88 Å². The number of thiophene rings is 1. The largest absolute Gasteiger partial charge is 0.298 e. The Kier molecular flexibility index (Phi) is 5.21. The van der Waals surface area contributed by atoms with Gasteiger partial charge in [0, 0.05) is 4.88 Å². The Labute approximate surface area is 89.0 Å². The standard InChI is InChI=1S/C9H13NOS.ClH/c1-7(11)9(10(2)3)8-5-4-6-12-8;/h4-6,9H,1-3H3;1H. The molecule has 0 fully saturated rings. The van der Waals surface area contributed by atoms with Crippen LogP contribution < -0.4 is 0 Å². The van der Waals surface area contributed by atoms with E-state index in [1.807, 2.05) is 36.5 Å². The molecule has 4 heteroatoms. The third kappa shape index (κ3) is 3.10. The summed E-state index contributed by atoms with van der Waals surface area (Å²) in [5.41, 5.74) is 0. The molecule has 1 rings (SSSR count). The number of Topliss-reactive ketones (excluding diaryl/α,β-unsaturated/α-hetero) is 1. The molecular weight excluding hydrogens is 206 g/mol. The van der Waals surface area contributed by atoms with Gasteiger partial charge < -0.3 is 0 Å². The highest BCUT2D eigenvalue weighted by Crippen LogP contribution is 2.23. The number of carbonyl (C=O) groups is 1. The van der Waals surface area contributed by atoms with Crippen LogP contribution in [0, 0.1) is 0 Å². The lowest BCUT2D eigenvalue weighted by atomic mass is 10.1. The van der Waals surface area contributed by atoms with Crippen molar-refractivity contribution in [3.8, 4) is 0 Å². The van der Waals surface area contributed by atoms with E-state index in [-0.39, 0.29) is 24.2 Å². The Bertz CT molecular complexity index is 259. The number of hydrogen-bond acceptors (Lipinski definition) is 3. The molecule has 0 radical (unpaired) electrons. The second kappa shape index (κ2) is 5.37. The quantitative estimate of drug-likeness (QED) is 0.778. The first kappa shape index (κ1) is 12.6. The van der Waals surface area contributed by atoms with Gasteiger partial charge in [-0.25, -0.2) is 0 Å². The third-order valence-electron chi connectivity index (χ3n) is 1.71. The predicted octanol–water partition coefficient (Wildman–Crippen LogP) is 2.36. The van der Waals surface area contributed by atoms with Gasteiger partial charge in [0.2, 0.25) is 0 Å². The maximum absolute atomic E-state index is 11.2. The van der Waals surface area contributed by atoms with Crippen LogP contribution in [0.3, 0.4) is 0 Å². The highest BCUT2D eigenvalue weighted by atomic mass is 35.5. The van der Waals surface area contributed by atoms with Crippen molar-refractivity contribution in [2.45, 2.75) is 13.0 Å². The van der Waals surface area contributed by atoms with Crippen molar-refractivity contribution in [2.75, 3.05) is 14.1 Å². The van der Waals surface area contributed by atoms with E-state index in [1.165, 1.54) is 0 Å². The second-order valence-electron chi connectivity index (χ2n) is 2.99. The summed E-state index contributed by atoms with van der Waals surface area (Å²) >= 11 is 1.63. The van der Waals surface area contributed by atoms with E-state index in [9.17, 15) is 4.79 Å². The molecule has 0 N–H and O–H groups in total. The van der Waals surface area contributed by atoms with Gasteiger partial charge in [0.1, 0.15) is 6.04 Å². The Balaban J connectivity index is 0.00000144. The molecule has 13 heavy (non-hydrogen) atoms. The van der Waals surface area contributed by atoms with E-state index < -0.39 is 0 Å². The SMILES string of the molecule is CC(=O)C(c1cccs1)N(C)C.Cl. The number of carbonyl (C=O) groups excluding carboxylic acids is 1. The molecule has 0 aliphatic carbocycles. The average Bonchev–Trinajstić information content (AvgIpc) is 2.37. The number of halogens is 1. The summed E-state index contributed by atoms with van der Waals surface area (Å²) in [5.74, 6) is 0.197. The van der Waals surface area contributed by atoms with Gasteiger partial charge in [-0.3, -0.25) is 9.69 Å². The molecule has 1 aromatic rings. The molecule has 0 amide bonds. The highest BCUT2D eigenvalue weighted by molar-refractivity contribution is 7.10. The van der Waals surface area contributed by atoms with Crippen molar-refractivity contribution in [2.24, 2.45) is 0 Å². The fourth-order valence-electron chi connectivity index (χ4n) is 1.27. The number of ketones is 1. The summed E-state index contributed by atoms with van der Waals surface area (Å²) in [6.45, 7) is 1.63. The molecule has 0 spiro atoms. The molecule has 74 valence electrons. The van der Waals surface area contributed by atoms with Crippen molar-refractivity contribution in [3.63, 3.8) is 0 Å². The summed E-state index contributed by atoms with van der Waals surface area (Å²) in [6.07, 6.45) is 0. The van der Waals surface area contributed by atoms with Gasteiger partial charge in [-0.1, -0.05) is 6.07 Å². The molecule has 0 aliphatic rings. The zero-order valence-corrected chi connectivity index (χ0v) is 9.61. The Morgan fingerprint density at radius 2 is 2.15 bits per heavy atom. The maximum Gasteiger partial charge on any atom is 0.152 e. The van der Waals surface area contributed by atoms with Gasteiger partial charge in [-0.05, 0) is 32.5 Å². The first-order valence-corrected chi connectivity index (χ1v) is 4.71. The van der Waals surface area contributed by atoms with Crippen LogP contribution in [-0.2, 0) is 4.79 Å². The summed E-state index contributed by atoms with van der Waals surface area (Å²) in [6, 6.07) is 3.90. The first-order chi connectivity index (χ1) is 5.63. The highest BCUT2D eigenvalue weighted by Gasteiger charge is 2.19. The van der Waals surface area contributed by atoms with Crippen molar-refractivity contribution in [3.05, 3.63) is 22.4 Å². The van der Waals surface area contributed by atoms with Crippen LogP contribution in [-0.4, -0.2) is 24.8 Å². The Hall–Kier alpha value is -0.380. The van der Waals surface area contributed by atoms with Crippen molar-refractivity contribution < 1.29 is 4.79 Å². The number of likely N-dealkylation sites (N-methyl/N-ethyl adjacent to an activating group) is 1. The third-order valence-corrected chi connectivity index (χ3v) is 2.64. The van der Waals surface area contributed by atoms with Crippen LogP contribution in [0.2, 0.25) is 0 Å². The molecular formula is C9H14ClNOS. The van der Waals surface area contributed by atoms with Crippen LogP contribution in [0.4, 0.5) is 0 Å². The van der Waals surface area contributed by atoms with Crippen LogP contribution in [0.15, 0.2) is 17.5 Å². The van der Waals surface area contributed by atoms with E-state index in [1.54, 1.807) is 18.3 Å². The lowest BCUT2D eigenvalue weighted by Crippen LogP contribution is -2.24. The van der Waals surface area contributed by atoms with Gasteiger partial charge in [0.05, 0.1) is 0 Å². The summed E-state index contributed by atoms with van der Waals surface area (Å²) in [5, 5.41) is 1.99. The molecule has 0 aliphatic heterocycles. The Morgan fingerprint density at radius 3 is 2.46 bits per heavy atom.